The Morgan fingerprint density at radius 1 is 0.489 bits per heavy atom. The fourth-order valence-corrected chi connectivity index (χ4v) is 75.2. The zero-order valence-electron chi connectivity index (χ0n) is 36.1. The SMILES string of the molecule is CC(C)(C)[C]1=[Ge]([c]2c(C([Si](C)(C)C)[Si](C)(C)C)cc(C([Si](C)(C)C)([Si](C)(C)C)[Si](C)(C)C)cc2C([Si](C)(C)C)[Si](C)(C)C)[CH]=CC=C1. The van der Waals surface area contributed by atoms with Gasteiger partial charge in [-0.1, -0.05) is 0 Å². The average molecular weight is 818 g/mol. The summed E-state index contributed by atoms with van der Waals surface area (Å²) < 4.78 is 4.09. The molecule has 0 nitrogen and oxygen atoms in total. The van der Waals surface area contributed by atoms with E-state index in [1.54, 1.807) is 4.35 Å². The topological polar surface area (TPSA) is 0 Å². The van der Waals surface area contributed by atoms with E-state index in [2.05, 4.69) is 194 Å². The van der Waals surface area contributed by atoms with Gasteiger partial charge in [0.2, 0.25) is 0 Å². The van der Waals surface area contributed by atoms with Crippen LogP contribution in [-0.2, 0) is 4.28 Å². The zero-order valence-corrected chi connectivity index (χ0v) is 45.2. The van der Waals surface area contributed by atoms with Crippen molar-refractivity contribution in [2.24, 2.45) is 5.41 Å². The van der Waals surface area contributed by atoms with Crippen molar-refractivity contribution in [1.29, 1.82) is 0 Å². The Labute approximate surface area is 307 Å². The van der Waals surface area contributed by atoms with Crippen LogP contribution >= 0.6 is 0 Å². The van der Waals surface area contributed by atoms with Crippen molar-refractivity contribution in [2.75, 3.05) is 0 Å². The molecule has 8 heteroatoms. The molecule has 0 spiro atoms. The molecule has 0 bridgehead atoms. The van der Waals surface area contributed by atoms with E-state index in [0.29, 0.717) is 4.28 Å². The van der Waals surface area contributed by atoms with E-state index in [-0.39, 0.29) is 5.41 Å². The Morgan fingerprint density at radius 3 is 1.06 bits per heavy atom. The van der Waals surface area contributed by atoms with Crippen molar-refractivity contribution < 1.29 is 0 Å². The molecule has 0 atom stereocenters. The van der Waals surface area contributed by atoms with Gasteiger partial charge in [0.1, 0.15) is 0 Å². The molecule has 47 heavy (non-hydrogen) atoms. The van der Waals surface area contributed by atoms with E-state index in [9.17, 15) is 0 Å². The van der Waals surface area contributed by atoms with Crippen LogP contribution in [0, 0.1) is 5.41 Å². The van der Waals surface area contributed by atoms with E-state index >= 15 is 0 Å². The predicted octanol–water partition coefficient (Wildman–Crippen LogP) is 12.4. The van der Waals surface area contributed by atoms with Crippen molar-refractivity contribution >= 4 is 79.2 Å². The third-order valence-electron chi connectivity index (χ3n) is 11.1. The Morgan fingerprint density at radius 2 is 0.809 bits per heavy atom. The molecule has 0 saturated heterocycles. The van der Waals surface area contributed by atoms with Crippen LogP contribution in [0.3, 0.4) is 0 Å². The summed E-state index contributed by atoms with van der Waals surface area (Å²) in [6, 6.07) is 6.01. The molecule has 0 fully saturated rings. The summed E-state index contributed by atoms with van der Waals surface area (Å²) in [4.78, 5) is 2.78. The first-order valence-electron chi connectivity index (χ1n) is 18.7. The first-order valence-corrected chi connectivity index (χ1v) is 46.8. The molecule has 0 aliphatic carbocycles. The quantitative estimate of drug-likeness (QED) is 0.195. The van der Waals surface area contributed by atoms with Gasteiger partial charge in [-0.15, -0.1) is 0 Å². The number of hydrogen-bond acceptors (Lipinski definition) is 0. The van der Waals surface area contributed by atoms with Gasteiger partial charge in [-0.05, 0) is 0 Å². The van der Waals surface area contributed by atoms with Crippen LogP contribution in [0.25, 0.3) is 0 Å². The van der Waals surface area contributed by atoms with Crippen molar-refractivity contribution in [3.05, 3.63) is 52.0 Å². The molecule has 1 aliphatic rings. The number of hydrogen-bond donors (Lipinski definition) is 0. The summed E-state index contributed by atoms with van der Waals surface area (Å²) in [6.45, 7) is 65.0. The van der Waals surface area contributed by atoms with Crippen molar-refractivity contribution in [3.63, 3.8) is 0 Å². The second-order valence-corrected chi connectivity index (χ2v) is 67.9. The van der Waals surface area contributed by atoms with Crippen molar-refractivity contribution in [3.8, 4) is 0 Å². The fraction of sp³-hybridized carbons (Fsp3) is 0.718. The summed E-state index contributed by atoms with van der Waals surface area (Å²) >= 11 is -2.03. The van der Waals surface area contributed by atoms with Gasteiger partial charge < -0.3 is 0 Å². The summed E-state index contributed by atoms with van der Waals surface area (Å²) in [6.07, 6.45) is 7.39. The molecule has 0 radical (unpaired) electrons. The molecular formula is C39H80GeSi7. The van der Waals surface area contributed by atoms with E-state index in [0.717, 1.165) is 10.3 Å². The van der Waals surface area contributed by atoms with Crippen LogP contribution in [-0.4, -0.2) is 74.8 Å². The molecule has 2 rings (SSSR count). The van der Waals surface area contributed by atoms with Gasteiger partial charge in [-0.3, -0.25) is 0 Å². The van der Waals surface area contributed by atoms with E-state index in [1.165, 1.54) is 0 Å². The Kier molecular flexibility index (Phi) is 12.6. The van der Waals surface area contributed by atoms with Crippen LogP contribution in [0.2, 0.25) is 137 Å². The second kappa shape index (κ2) is 13.6. The van der Waals surface area contributed by atoms with Crippen LogP contribution < -0.4 is 4.40 Å². The van der Waals surface area contributed by atoms with Crippen LogP contribution in [0.1, 0.15) is 47.8 Å². The molecule has 1 aromatic rings. The molecule has 268 valence electrons. The van der Waals surface area contributed by atoms with Gasteiger partial charge in [-0.25, -0.2) is 0 Å². The van der Waals surface area contributed by atoms with E-state index in [4.69, 9.17) is 0 Å². The molecule has 0 saturated carbocycles. The first-order chi connectivity index (χ1) is 20.4. The fourth-order valence-electron chi connectivity index (χ4n) is 12.2. The predicted molar refractivity (Wildman–Crippen MR) is 245 cm³/mol. The van der Waals surface area contributed by atoms with Crippen molar-refractivity contribution in [1.82, 2.24) is 0 Å². The monoisotopic (exact) mass is 818 g/mol. The first kappa shape index (κ1) is 43.8. The minimum atomic E-state index is -2.03. The molecule has 1 heterocycles. The maximum atomic E-state index is 3.01. The normalized spacial score (nSPS) is 16.6. The third-order valence-corrected chi connectivity index (χ3v) is 57.4. The molecule has 0 amide bonds. The molecule has 1 aromatic carbocycles. The third kappa shape index (κ3) is 8.82. The number of allylic oxidation sites excluding steroid dienone is 3. The Hall–Kier alpha value is 0.631. The molecule has 0 unspecified atom stereocenters. The summed E-state index contributed by atoms with van der Waals surface area (Å²) in [5.41, 5.74) is 5.78. The summed E-state index contributed by atoms with van der Waals surface area (Å²) in [5.74, 6) is 0. The average Bonchev–Trinajstić information content (AvgIpc) is 2.71. The zero-order chi connectivity index (χ0) is 37.4. The van der Waals surface area contributed by atoms with Crippen molar-refractivity contribution in [2.45, 2.75) is 173 Å². The number of benzene rings is 1. The van der Waals surface area contributed by atoms with Crippen LogP contribution in [0.4, 0.5) is 0 Å². The van der Waals surface area contributed by atoms with Gasteiger partial charge in [-0.2, -0.15) is 0 Å². The second-order valence-electron chi connectivity index (χ2n) is 23.7. The number of rotatable bonds is 11. The molecule has 1 aliphatic heterocycles. The van der Waals surface area contributed by atoms with Gasteiger partial charge in [0.05, 0.1) is 0 Å². The van der Waals surface area contributed by atoms with E-state index in [1.807, 2.05) is 21.1 Å². The maximum absolute atomic E-state index is 3.01. The summed E-state index contributed by atoms with van der Waals surface area (Å²) in [5, 5.41) is 1.49. The van der Waals surface area contributed by atoms with Gasteiger partial charge in [0, 0.05) is 0 Å². The molecular weight excluding hydrogens is 738 g/mol. The standard InChI is InChI=1S/C39H80GeSi7/c1-38(2,3)34-27-25-26-28-40(34)35-32(36(41(4,5)6)42(7,8)9)29-31(30-33(35)37(43(10,11)12)44(13,14)15)39(45(16,17)18,46(19,20)21)47(22,23)24/h25-30,36-37H,1-24H3. The van der Waals surface area contributed by atoms with Gasteiger partial charge in [0.15, 0.2) is 0 Å². The Bertz CT molecular complexity index is 1280. The van der Waals surface area contributed by atoms with E-state index < -0.39 is 70.4 Å². The summed E-state index contributed by atoms with van der Waals surface area (Å²) in [7, 11) is -11.5. The van der Waals surface area contributed by atoms with Gasteiger partial charge >= 0.3 is 309 Å². The minimum absolute atomic E-state index is 0.185. The van der Waals surface area contributed by atoms with Crippen LogP contribution in [0.5, 0.6) is 0 Å². The Balaban J connectivity index is 3.73. The van der Waals surface area contributed by atoms with Gasteiger partial charge in [0.25, 0.3) is 0 Å². The molecule has 0 N–H and O–H groups in total. The molecule has 0 aromatic heterocycles. The van der Waals surface area contributed by atoms with Crippen LogP contribution in [0.15, 0.2) is 35.3 Å².